The first-order valence-corrected chi connectivity index (χ1v) is 6.66. The van der Waals surface area contributed by atoms with Crippen molar-refractivity contribution in [2.45, 2.75) is 58.3 Å². The Morgan fingerprint density at radius 1 is 1.35 bits per heavy atom. The first-order valence-electron chi connectivity index (χ1n) is 6.66. The average Bonchev–Trinajstić information content (AvgIpc) is 2.36. The lowest BCUT2D eigenvalue weighted by Crippen LogP contribution is -2.18. The van der Waals surface area contributed by atoms with E-state index in [0.29, 0.717) is 13.0 Å². The maximum Gasteiger partial charge on any atom is 0.356 e. The lowest BCUT2D eigenvalue weighted by atomic mass is 9.85. The number of oxime groups is 1. The second kappa shape index (κ2) is 8.09. The third-order valence-electron chi connectivity index (χ3n) is 3.38. The van der Waals surface area contributed by atoms with Crippen LogP contribution in [0.1, 0.15) is 58.3 Å². The maximum absolute atomic E-state index is 11.3. The second-order valence-electron chi connectivity index (χ2n) is 4.66. The molecular weight excluding hydrogens is 218 g/mol. The molecule has 0 radical (unpaired) electrons. The second-order valence-corrected chi connectivity index (χ2v) is 4.66. The molecule has 1 fully saturated rings. The third kappa shape index (κ3) is 5.20. The van der Waals surface area contributed by atoms with E-state index in [1.54, 1.807) is 6.92 Å². The van der Waals surface area contributed by atoms with E-state index in [0.717, 1.165) is 18.8 Å². The zero-order chi connectivity index (χ0) is 12.5. The molecule has 0 saturated heterocycles. The molecule has 0 unspecified atom stereocenters. The number of carbonyl (C=O) groups is 1. The monoisotopic (exact) mass is 241 g/mol. The van der Waals surface area contributed by atoms with Crippen molar-refractivity contribution in [1.29, 1.82) is 0 Å². The number of rotatable bonds is 6. The molecule has 0 aromatic heterocycles. The number of nitrogens with zero attached hydrogens (tertiary/aromatic N) is 1. The number of carbonyl (C=O) groups excluding carboxylic acids is 1. The van der Waals surface area contributed by atoms with Crippen LogP contribution in [0, 0.1) is 5.92 Å². The zero-order valence-electron chi connectivity index (χ0n) is 10.7. The van der Waals surface area contributed by atoms with Crippen LogP contribution in [0.4, 0.5) is 0 Å². The minimum absolute atomic E-state index is 0.155. The highest BCUT2D eigenvalue weighted by Gasteiger charge is 2.16. The van der Waals surface area contributed by atoms with Crippen LogP contribution in [0.3, 0.4) is 0 Å². The van der Waals surface area contributed by atoms with E-state index in [1.807, 2.05) is 0 Å². The van der Waals surface area contributed by atoms with E-state index in [9.17, 15) is 4.79 Å². The molecule has 0 aromatic rings. The number of hydrogen-bond donors (Lipinski definition) is 1. The van der Waals surface area contributed by atoms with Gasteiger partial charge in [-0.3, -0.25) is 0 Å². The van der Waals surface area contributed by atoms with Crippen molar-refractivity contribution in [2.75, 3.05) is 6.61 Å². The van der Waals surface area contributed by atoms with Gasteiger partial charge in [0.05, 0.1) is 6.61 Å². The first-order chi connectivity index (χ1) is 8.27. The molecule has 0 heterocycles. The van der Waals surface area contributed by atoms with Gasteiger partial charge in [-0.2, -0.15) is 0 Å². The van der Waals surface area contributed by atoms with Gasteiger partial charge in [0.1, 0.15) is 0 Å². The topological polar surface area (TPSA) is 58.9 Å². The zero-order valence-corrected chi connectivity index (χ0v) is 10.7. The quantitative estimate of drug-likeness (QED) is 0.336. The van der Waals surface area contributed by atoms with Gasteiger partial charge >= 0.3 is 5.97 Å². The molecule has 0 aliphatic heterocycles. The Morgan fingerprint density at radius 3 is 2.65 bits per heavy atom. The van der Waals surface area contributed by atoms with Crippen molar-refractivity contribution < 1.29 is 14.7 Å². The Morgan fingerprint density at radius 2 is 2.06 bits per heavy atom. The van der Waals surface area contributed by atoms with E-state index >= 15 is 0 Å². The predicted molar refractivity (Wildman–Crippen MR) is 66.3 cm³/mol. The van der Waals surface area contributed by atoms with E-state index < -0.39 is 5.97 Å². The van der Waals surface area contributed by atoms with Gasteiger partial charge < -0.3 is 9.94 Å². The van der Waals surface area contributed by atoms with Gasteiger partial charge in [0.25, 0.3) is 0 Å². The van der Waals surface area contributed by atoms with Crippen molar-refractivity contribution in [3.05, 3.63) is 0 Å². The molecular formula is C13H23NO3. The highest BCUT2D eigenvalue weighted by atomic mass is 16.5. The molecule has 0 bridgehead atoms. The van der Waals surface area contributed by atoms with Crippen LogP contribution >= 0.6 is 0 Å². The molecule has 0 atom stereocenters. The molecule has 0 spiro atoms. The van der Waals surface area contributed by atoms with Crippen molar-refractivity contribution in [2.24, 2.45) is 11.1 Å². The summed E-state index contributed by atoms with van der Waals surface area (Å²) in [5.74, 6) is 0.310. The SMILES string of the molecule is CCOC(=O)/C(CCCC1CCCCC1)=N\O. The van der Waals surface area contributed by atoms with Crippen molar-refractivity contribution in [1.82, 2.24) is 0 Å². The molecule has 0 aromatic carbocycles. The Labute approximate surface area is 103 Å². The highest BCUT2D eigenvalue weighted by molar-refractivity contribution is 6.36. The molecule has 1 rings (SSSR count). The molecule has 0 amide bonds. The number of esters is 1. The molecule has 17 heavy (non-hydrogen) atoms. The Bertz CT molecular complexity index is 257. The molecule has 1 aliphatic carbocycles. The van der Waals surface area contributed by atoms with Gasteiger partial charge in [0.15, 0.2) is 5.71 Å². The maximum atomic E-state index is 11.3. The number of ether oxygens (including phenoxy) is 1. The van der Waals surface area contributed by atoms with Crippen molar-refractivity contribution >= 4 is 11.7 Å². The summed E-state index contributed by atoms with van der Waals surface area (Å²) in [6.45, 7) is 2.06. The Kier molecular flexibility index (Phi) is 6.67. The minimum atomic E-state index is -0.487. The van der Waals surface area contributed by atoms with Crippen LogP contribution in [0.25, 0.3) is 0 Å². The Hall–Kier alpha value is -1.06. The minimum Gasteiger partial charge on any atom is -0.461 e. The van der Waals surface area contributed by atoms with Gasteiger partial charge in [-0.1, -0.05) is 43.7 Å². The average molecular weight is 241 g/mol. The van der Waals surface area contributed by atoms with E-state index in [4.69, 9.17) is 9.94 Å². The smallest absolute Gasteiger partial charge is 0.356 e. The van der Waals surface area contributed by atoms with Crippen LogP contribution < -0.4 is 0 Å². The van der Waals surface area contributed by atoms with E-state index in [2.05, 4.69) is 5.16 Å². The van der Waals surface area contributed by atoms with E-state index in [-0.39, 0.29) is 5.71 Å². The lowest BCUT2D eigenvalue weighted by Gasteiger charge is -2.21. The summed E-state index contributed by atoms with van der Waals surface area (Å²) in [7, 11) is 0. The van der Waals surface area contributed by atoms with Crippen LogP contribution in [0.5, 0.6) is 0 Å². The summed E-state index contributed by atoms with van der Waals surface area (Å²) >= 11 is 0. The van der Waals surface area contributed by atoms with Gasteiger partial charge in [-0.15, -0.1) is 0 Å². The lowest BCUT2D eigenvalue weighted by molar-refractivity contribution is -0.135. The highest BCUT2D eigenvalue weighted by Crippen LogP contribution is 2.27. The first kappa shape index (κ1) is 14.0. The molecule has 1 aliphatic rings. The summed E-state index contributed by atoms with van der Waals surface area (Å²) in [4.78, 5) is 11.3. The molecule has 1 N–H and O–H groups in total. The molecule has 1 saturated carbocycles. The molecule has 98 valence electrons. The fraction of sp³-hybridized carbons (Fsp3) is 0.846. The van der Waals surface area contributed by atoms with Gasteiger partial charge in [-0.05, 0) is 19.3 Å². The predicted octanol–water partition coefficient (Wildman–Crippen LogP) is 3.13. The van der Waals surface area contributed by atoms with Gasteiger partial charge in [-0.25, -0.2) is 4.79 Å². The van der Waals surface area contributed by atoms with Crippen LogP contribution in [-0.2, 0) is 9.53 Å². The fourth-order valence-corrected chi connectivity index (χ4v) is 2.44. The van der Waals surface area contributed by atoms with Crippen molar-refractivity contribution in [3.8, 4) is 0 Å². The molecule has 4 nitrogen and oxygen atoms in total. The van der Waals surface area contributed by atoms with Gasteiger partial charge in [0.2, 0.25) is 0 Å². The summed E-state index contributed by atoms with van der Waals surface area (Å²) in [6, 6.07) is 0. The van der Waals surface area contributed by atoms with Crippen LogP contribution in [-0.4, -0.2) is 23.5 Å². The Balaban J connectivity index is 2.21. The summed E-state index contributed by atoms with van der Waals surface area (Å²) in [5.41, 5.74) is 0.155. The number of hydrogen-bond acceptors (Lipinski definition) is 4. The normalized spacial score (nSPS) is 18.1. The van der Waals surface area contributed by atoms with E-state index in [1.165, 1.54) is 32.1 Å². The van der Waals surface area contributed by atoms with Crippen LogP contribution in [0.15, 0.2) is 5.16 Å². The summed E-state index contributed by atoms with van der Waals surface area (Å²) in [5, 5.41) is 11.8. The third-order valence-corrected chi connectivity index (χ3v) is 3.38. The van der Waals surface area contributed by atoms with Crippen LogP contribution in [0.2, 0.25) is 0 Å². The summed E-state index contributed by atoms with van der Waals surface area (Å²) < 4.78 is 4.81. The standard InChI is InChI=1S/C13H23NO3/c1-2-17-13(15)12(14-16)10-6-9-11-7-4-3-5-8-11/h11,16H,2-10H2,1H3/b14-12-. The molecule has 4 heteroatoms. The fourth-order valence-electron chi connectivity index (χ4n) is 2.44. The largest absolute Gasteiger partial charge is 0.461 e. The summed E-state index contributed by atoms with van der Waals surface area (Å²) in [6.07, 6.45) is 9.21. The van der Waals surface area contributed by atoms with Crippen molar-refractivity contribution in [3.63, 3.8) is 0 Å². The van der Waals surface area contributed by atoms with Gasteiger partial charge in [0, 0.05) is 6.42 Å².